The molecule has 0 saturated carbocycles. The molecule has 1 aromatic rings. The third-order valence-electron chi connectivity index (χ3n) is 8.00. The van der Waals surface area contributed by atoms with E-state index in [1.165, 1.54) is 6.92 Å². The van der Waals surface area contributed by atoms with Crippen molar-refractivity contribution >= 4 is 41.3 Å². The summed E-state index contributed by atoms with van der Waals surface area (Å²) in [4.78, 5) is 82.4. The van der Waals surface area contributed by atoms with Gasteiger partial charge in [-0.3, -0.25) is 44.4 Å². The van der Waals surface area contributed by atoms with E-state index in [0.717, 1.165) is 12.1 Å². The Balaban J connectivity index is 2.06. The number of nitrogens with one attached hydrogen (secondary N) is 3. The van der Waals surface area contributed by atoms with E-state index in [1.807, 2.05) is 0 Å². The first-order valence-electron chi connectivity index (χ1n) is 17.7. The average Bonchev–Trinajstić information content (AvgIpc) is 3.12. The molecule has 0 saturated heterocycles. The van der Waals surface area contributed by atoms with E-state index in [4.69, 9.17) is 5.11 Å². The van der Waals surface area contributed by atoms with Crippen LogP contribution in [-0.4, -0.2) is 133 Å². The molecule has 298 valence electrons. The number of carboxylic acid groups (broad SMARTS) is 1. The molecule has 0 aliphatic rings. The predicted molar refractivity (Wildman–Crippen MR) is 186 cm³/mol. The normalized spacial score (nSPS) is 10.7. The molecule has 0 radical (unpaired) electrons. The fourth-order valence-corrected chi connectivity index (χ4v) is 4.83. The third kappa shape index (κ3) is 19.5. The minimum Gasteiger partial charge on any atom is -0.504 e. The van der Waals surface area contributed by atoms with E-state index < -0.39 is 46.5 Å². The molecule has 0 atom stereocenters. The molecule has 0 bridgehead atoms. The minimum absolute atomic E-state index is 0.0523. The first kappa shape index (κ1) is 46.2. The number of rotatable bonds is 28. The molecule has 5 amide bonds. The highest BCUT2D eigenvalue weighted by molar-refractivity contribution is 6.03. The largest absolute Gasteiger partial charge is 0.504 e. The Bertz CT molecular complexity index is 1380. The summed E-state index contributed by atoms with van der Waals surface area (Å²) in [6.07, 6.45) is 4.68. The topological polar surface area (TPSA) is 287 Å². The Morgan fingerprint density at radius 1 is 0.566 bits per heavy atom. The number of phenols is 2. The molecule has 1 rings (SSSR count). The Kier molecular flexibility index (Phi) is 22.6. The van der Waals surface area contributed by atoms with Gasteiger partial charge in [0, 0.05) is 65.3 Å². The van der Waals surface area contributed by atoms with Crippen LogP contribution in [0.25, 0.3) is 0 Å². The molecule has 0 aliphatic carbocycles. The first-order valence-corrected chi connectivity index (χ1v) is 17.7. The molecular weight excluding hydrogens is 700 g/mol. The maximum absolute atomic E-state index is 12.3. The molecule has 9 N–H and O–H groups in total. The van der Waals surface area contributed by atoms with Gasteiger partial charge in [-0.15, -0.1) is 0 Å². The molecular formula is C34H54N6O13. The quantitative estimate of drug-likeness (QED) is 0.0193. The van der Waals surface area contributed by atoms with Crippen molar-refractivity contribution < 1.29 is 64.5 Å². The second-order valence-electron chi connectivity index (χ2n) is 12.3. The van der Waals surface area contributed by atoms with E-state index in [0.29, 0.717) is 92.6 Å². The number of nitrogens with zero attached hydrogens (tertiary/aromatic N) is 3. The number of carbonyl (C=O) groups excluding carboxylic acids is 6. The number of Topliss-reactive ketones (excluding diaryl/α,β-unsaturated/α-hetero) is 1. The average molecular weight is 755 g/mol. The van der Waals surface area contributed by atoms with Crippen LogP contribution in [0.3, 0.4) is 0 Å². The number of hydroxylamine groups is 6. The Hall–Kier alpha value is -4.85. The van der Waals surface area contributed by atoms with E-state index in [9.17, 15) is 59.4 Å². The summed E-state index contributed by atoms with van der Waals surface area (Å²) in [5, 5.41) is 67.8. The number of amides is 5. The summed E-state index contributed by atoms with van der Waals surface area (Å²) in [7, 11) is 0. The van der Waals surface area contributed by atoms with E-state index in [2.05, 4.69) is 16.0 Å². The van der Waals surface area contributed by atoms with Crippen molar-refractivity contribution in [2.24, 2.45) is 0 Å². The fourth-order valence-electron chi connectivity index (χ4n) is 4.83. The maximum Gasteiger partial charge on any atom is 0.339 e. The molecule has 53 heavy (non-hydrogen) atoms. The van der Waals surface area contributed by atoms with Crippen molar-refractivity contribution in [2.75, 3.05) is 45.8 Å². The number of hydrogen-bond donors (Lipinski definition) is 9. The molecule has 0 heterocycles. The number of unbranched alkanes of at least 4 members (excludes halogenated alkanes) is 6. The van der Waals surface area contributed by atoms with Crippen molar-refractivity contribution in [1.82, 2.24) is 31.1 Å². The standard InChI is InChI=1S/C34H54N6O13/c1-24(41)38(51)20-8-3-6-18-36-28(43)14-16-31(46)40(53)22-10-4-7-19-37-29(44)13-15-30(45)39(52)21-9-2-5-17-35-23-27(42)25-11-12-26(34(49)50)33(48)32(25)47/h11-12,35,47-48,51-53H,2-10,13-23H2,1H3,(H,36,43)(H,37,44)(H,49,50). The summed E-state index contributed by atoms with van der Waals surface area (Å²) in [6.45, 7) is 2.55. The van der Waals surface area contributed by atoms with Gasteiger partial charge >= 0.3 is 5.97 Å². The van der Waals surface area contributed by atoms with Gasteiger partial charge in [0.1, 0.15) is 5.56 Å². The van der Waals surface area contributed by atoms with E-state index in [1.54, 1.807) is 0 Å². The lowest BCUT2D eigenvalue weighted by Gasteiger charge is -2.15. The Morgan fingerprint density at radius 3 is 1.43 bits per heavy atom. The molecule has 0 unspecified atom stereocenters. The highest BCUT2D eigenvalue weighted by atomic mass is 16.5. The van der Waals surface area contributed by atoms with Gasteiger partial charge in [-0.25, -0.2) is 20.0 Å². The van der Waals surface area contributed by atoms with Crippen LogP contribution >= 0.6 is 0 Å². The lowest BCUT2D eigenvalue weighted by Crippen LogP contribution is -2.31. The monoisotopic (exact) mass is 754 g/mol. The van der Waals surface area contributed by atoms with E-state index >= 15 is 0 Å². The van der Waals surface area contributed by atoms with Crippen molar-refractivity contribution in [3.05, 3.63) is 23.3 Å². The van der Waals surface area contributed by atoms with Crippen LogP contribution in [0.5, 0.6) is 11.5 Å². The minimum atomic E-state index is -1.45. The highest BCUT2D eigenvalue weighted by Crippen LogP contribution is 2.32. The number of carboxylic acids is 1. The van der Waals surface area contributed by atoms with Crippen LogP contribution < -0.4 is 16.0 Å². The molecule has 19 heteroatoms. The SMILES string of the molecule is CC(=O)N(O)CCCCCNC(=O)CCC(=O)N(O)CCCCCNC(=O)CCC(=O)N(O)CCCCCNCC(=O)c1ccc(C(=O)O)c(O)c1O. The third-order valence-corrected chi connectivity index (χ3v) is 8.00. The van der Waals surface area contributed by atoms with Gasteiger partial charge in [0.05, 0.1) is 12.1 Å². The molecule has 0 fully saturated rings. The molecule has 0 aromatic heterocycles. The van der Waals surface area contributed by atoms with Crippen LogP contribution in [0, 0.1) is 0 Å². The van der Waals surface area contributed by atoms with Crippen LogP contribution in [0.15, 0.2) is 12.1 Å². The first-order chi connectivity index (χ1) is 25.1. The highest BCUT2D eigenvalue weighted by Gasteiger charge is 2.20. The molecule has 1 aromatic carbocycles. The van der Waals surface area contributed by atoms with Crippen molar-refractivity contribution in [1.29, 1.82) is 0 Å². The summed E-state index contributed by atoms with van der Waals surface area (Å²) < 4.78 is 0. The summed E-state index contributed by atoms with van der Waals surface area (Å²) in [6, 6.07) is 2.15. The van der Waals surface area contributed by atoms with Crippen LogP contribution in [0.4, 0.5) is 0 Å². The number of carbonyl (C=O) groups is 7. The van der Waals surface area contributed by atoms with Crippen LogP contribution in [0.1, 0.15) is 111 Å². The van der Waals surface area contributed by atoms with Gasteiger partial charge in [0.2, 0.25) is 29.5 Å². The summed E-state index contributed by atoms with van der Waals surface area (Å²) in [5.41, 5.74) is -0.741. The fraction of sp³-hybridized carbons (Fsp3) is 0.618. The molecule has 0 spiro atoms. The second-order valence-corrected chi connectivity index (χ2v) is 12.3. The maximum atomic E-state index is 12.3. The number of aromatic carboxylic acids is 1. The Labute approximate surface area is 307 Å². The van der Waals surface area contributed by atoms with Crippen molar-refractivity contribution in [2.45, 2.75) is 90.4 Å². The van der Waals surface area contributed by atoms with Gasteiger partial charge in [-0.05, 0) is 70.0 Å². The van der Waals surface area contributed by atoms with Crippen molar-refractivity contribution in [3.63, 3.8) is 0 Å². The van der Waals surface area contributed by atoms with Gasteiger partial charge in [-0.2, -0.15) is 0 Å². The summed E-state index contributed by atoms with van der Waals surface area (Å²) in [5.74, 6) is -5.99. The zero-order valence-electron chi connectivity index (χ0n) is 30.2. The predicted octanol–water partition coefficient (Wildman–Crippen LogP) is 1.55. The lowest BCUT2D eigenvalue weighted by atomic mass is 10.0. The molecule has 19 nitrogen and oxygen atoms in total. The van der Waals surface area contributed by atoms with Gasteiger partial charge < -0.3 is 31.3 Å². The van der Waals surface area contributed by atoms with Crippen LogP contribution in [0.2, 0.25) is 0 Å². The van der Waals surface area contributed by atoms with E-state index in [-0.39, 0.29) is 69.2 Å². The number of phenolic OH excluding ortho intramolecular Hbond substituents is 1. The zero-order valence-corrected chi connectivity index (χ0v) is 30.2. The van der Waals surface area contributed by atoms with Gasteiger partial charge in [0.15, 0.2) is 17.3 Å². The van der Waals surface area contributed by atoms with Gasteiger partial charge in [-0.1, -0.05) is 6.42 Å². The lowest BCUT2D eigenvalue weighted by molar-refractivity contribution is -0.166. The van der Waals surface area contributed by atoms with Crippen LogP contribution in [-0.2, 0) is 24.0 Å². The summed E-state index contributed by atoms with van der Waals surface area (Å²) >= 11 is 0. The molecule has 0 aliphatic heterocycles. The number of hydrogen-bond acceptors (Lipinski definition) is 13. The number of ketones is 1. The van der Waals surface area contributed by atoms with Gasteiger partial charge in [0.25, 0.3) is 0 Å². The smallest absolute Gasteiger partial charge is 0.339 e. The number of benzene rings is 1. The zero-order chi connectivity index (χ0) is 39.8. The van der Waals surface area contributed by atoms with Crippen molar-refractivity contribution in [3.8, 4) is 11.5 Å². The second kappa shape index (κ2) is 26.0. The Morgan fingerprint density at radius 2 is 0.981 bits per heavy atom. The number of aromatic hydroxyl groups is 2.